The van der Waals surface area contributed by atoms with Crippen LogP contribution in [0.2, 0.25) is 5.02 Å². The minimum absolute atomic E-state index is 0.773. The molecule has 1 saturated heterocycles. The Bertz CT molecular complexity index is 1280. The van der Waals surface area contributed by atoms with E-state index >= 15 is 0 Å². The molecule has 0 N–H and O–H groups in total. The van der Waals surface area contributed by atoms with Crippen molar-refractivity contribution < 1.29 is 0 Å². The van der Waals surface area contributed by atoms with Gasteiger partial charge in [0, 0.05) is 48.2 Å². The Morgan fingerprint density at radius 3 is 2.45 bits per heavy atom. The molecule has 6 rings (SSSR count). The molecule has 2 aromatic carbocycles. The van der Waals surface area contributed by atoms with Crippen LogP contribution < -0.4 is 9.80 Å². The average molecular weight is 475 g/mol. The summed E-state index contributed by atoms with van der Waals surface area (Å²) in [5.41, 5.74) is 3.97. The Kier molecular flexibility index (Phi) is 5.68. The van der Waals surface area contributed by atoms with Crippen LogP contribution in [0.1, 0.15) is 34.7 Å². The molecule has 0 bridgehead atoms. The highest BCUT2D eigenvalue weighted by atomic mass is 35.5. The molecule has 0 amide bonds. The molecule has 1 fully saturated rings. The first-order valence-corrected chi connectivity index (χ1v) is 13.0. The van der Waals surface area contributed by atoms with Crippen LogP contribution in [0.5, 0.6) is 0 Å². The molecule has 168 valence electrons. The van der Waals surface area contributed by atoms with Gasteiger partial charge in [-0.3, -0.25) is 0 Å². The summed E-state index contributed by atoms with van der Waals surface area (Å²) in [6.07, 6.45) is 5.68. The number of hydrogen-bond acceptors (Lipinski definition) is 5. The molecular weight excluding hydrogens is 448 g/mol. The zero-order chi connectivity index (χ0) is 22.2. The number of anilines is 2. The highest BCUT2D eigenvalue weighted by Crippen LogP contribution is 2.40. The zero-order valence-electron chi connectivity index (χ0n) is 18.6. The maximum atomic E-state index is 6.24. The quantitative estimate of drug-likeness (QED) is 0.355. The first kappa shape index (κ1) is 20.9. The van der Waals surface area contributed by atoms with E-state index < -0.39 is 0 Å². The first-order chi connectivity index (χ1) is 16.2. The van der Waals surface area contributed by atoms with Crippen LogP contribution in [0, 0.1) is 0 Å². The number of aryl methyl sites for hydroxylation is 2. The molecule has 1 aliphatic carbocycles. The fraction of sp³-hybridized carbons (Fsp3) is 0.333. The van der Waals surface area contributed by atoms with Gasteiger partial charge in [0.05, 0.1) is 5.39 Å². The van der Waals surface area contributed by atoms with Crippen molar-refractivity contribution in [1.82, 2.24) is 9.97 Å². The van der Waals surface area contributed by atoms with Crippen LogP contribution in [0.25, 0.3) is 10.2 Å². The lowest BCUT2D eigenvalue weighted by atomic mass is 9.96. The summed E-state index contributed by atoms with van der Waals surface area (Å²) < 4.78 is 0. The first-order valence-electron chi connectivity index (χ1n) is 11.9. The van der Waals surface area contributed by atoms with E-state index in [-0.39, 0.29) is 0 Å². The Hall–Kier alpha value is -2.63. The van der Waals surface area contributed by atoms with E-state index in [0.29, 0.717) is 0 Å². The second-order valence-corrected chi connectivity index (χ2v) is 10.5. The molecule has 1 aliphatic heterocycles. The molecule has 0 spiro atoms. The molecular formula is C27H27ClN4S. The zero-order valence-corrected chi connectivity index (χ0v) is 20.2. The maximum Gasteiger partial charge on any atom is 0.141 e. The van der Waals surface area contributed by atoms with E-state index in [1.165, 1.54) is 51.2 Å². The van der Waals surface area contributed by atoms with E-state index in [1.54, 1.807) is 0 Å². The number of aromatic nitrogens is 2. The summed E-state index contributed by atoms with van der Waals surface area (Å²) in [7, 11) is 0. The summed E-state index contributed by atoms with van der Waals surface area (Å²) in [6, 6.07) is 18.8. The molecule has 4 nitrogen and oxygen atoms in total. The van der Waals surface area contributed by atoms with Gasteiger partial charge in [-0.15, -0.1) is 11.3 Å². The van der Waals surface area contributed by atoms with Crippen LogP contribution >= 0.6 is 22.9 Å². The van der Waals surface area contributed by atoms with Gasteiger partial charge < -0.3 is 9.80 Å². The van der Waals surface area contributed by atoms with E-state index in [1.807, 2.05) is 23.5 Å². The number of thiophene rings is 1. The Balaban J connectivity index is 1.34. The number of halogens is 1. The van der Waals surface area contributed by atoms with Gasteiger partial charge in [0.2, 0.25) is 0 Å². The summed E-state index contributed by atoms with van der Waals surface area (Å²) in [5, 5.41) is 2.12. The number of hydrogen-bond donors (Lipinski definition) is 0. The van der Waals surface area contributed by atoms with Crippen molar-refractivity contribution >= 4 is 44.7 Å². The largest absolute Gasteiger partial charge is 0.368 e. The van der Waals surface area contributed by atoms with Gasteiger partial charge in [-0.05, 0) is 55.0 Å². The van der Waals surface area contributed by atoms with Gasteiger partial charge in [-0.1, -0.05) is 48.0 Å². The normalized spacial score (nSPS) is 16.3. The van der Waals surface area contributed by atoms with Crippen molar-refractivity contribution in [3.63, 3.8) is 0 Å². The van der Waals surface area contributed by atoms with Crippen molar-refractivity contribution in [2.24, 2.45) is 0 Å². The molecule has 2 aromatic heterocycles. The maximum absolute atomic E-state index is 6.24. The van der Waals surface area contributed by atoms with Crippen molar-refractivity contribution in [2.45, 2.75) is 32.1 Å². The van der Waals surface area contributed by atoms with Crippen molar-refractivity contribution in [1.29, 1.82) is 0 Å². The molecule has 2 aliphatic rings. The summed E-state index contributed by atoms with van der Waals surface area (Å²) >= 11 is 8.14. The number of nitrogens with zero attached hydrogens (tertiary/aromatic N) is 4. The molecule has 6 heteroatoms. The third-order valence-electron chi connectivity index (χ3n) is 6.80. The molecule has 0 unspecified atom stereocenters. The Morgan fingerprint density at radius 2 is 1.64 bits per heavy atom. The molecule has 0 saturated carbocycles. The lowest BCUT2D eigenvalue weighted by Gasteiger charge is -2.37. The van der Waals surface area contributed by atoms with E-state index in [9.17, 15) is 0 Å². The Labute approximate surface area is 203 Å². The fourth-order valence-corrected chi connectivity index (χ4v) is 6.58. The summed E-state index contributed by atoms with van der Waals surface area (Å²) in [5.74, 6) is 2.08. The molecule has 4 aromatic rings. The van der Waals surface area contributed by atoms with Crippen LogP contribution in [-0.4, -0.2) is 36.1 Å². The summed E-state index contributed by atoms with van der Waals surface area (Å²) in [4.78, 5) is 17.9. The second-order valence-electron chi connectivity index (χ2n) is 8.97. The average Bonchev–Trinajstić information content (AvgIpc) is 3.23. The number of benzene rings is 2. The van der Waals surface area contributed by atoms with E-state index in [2.05, 4.69) is 52.3 Å². The lowest BCUT2D eigenvalue weighted by Crippen LogP contribution is -2.47. The smallest absolute Gasteiger partial charge is 0.141 e. The Morgan fingerprint density at radius 1 is 0.848 bits per heavy atom. The van der Waals surface area contributed by atoms with Gasteiger partial charge in [0.1, 0.15) is 16.5 Å². The predicted octanol–water partition coefficient (Wildman–Crippen LogP) is 6.14. The predicted molar refractivity (Wildman–Crippen MR) is 139 cm³/mol. The van der Waals surface area contributed by atoms with E-state index in [4.69, 9.17) is 21.6 Å². The number of fused-ring (bicyclic) bond motifs is 3. The topological polar surface area (TPSA) is 32.3 Å². The highest BCUT2D eigenvalue weighted by Gasteiger charge is 2.26. The molecule has 3 heterocycles. The molecule has 0 radical (unpaired) electrons. The lowest BCUT2D eigenvalue weighted by molar-refractivity contribution is 0.647. The van der Waals surface area contributed by atoms with Crippen LogP contribution in [0.15, 0.2) is 54.6 Å². The van der Waals surface area contributed by atoms with Crippen molar-refractivity contribution in [3.8, 4) is 0 Å². The SMILES string of the molecule is Clc1cccc(N2CCN(c3nc(Cc4ccccc4)nc4sc5c(c34)CCCC5)CC2)c1. The molecule has 33 heavy (non-hydrogen) atoms. The van der Waals surface area contributed by atoms with Gasteiger partial charge in [-0.25, -0.2) is 9.97 Å². The third kappa shape index (κ3) is 4.20. The van der Waals surface area contributed by atoms with Crippen LogP contribution in [0.3, 0.4) is 0 Å². The number of rotatable bonds is 4. The minimum atomic E-state index is 0.773. The van der Waals surface area contributed by atoms with Crippen LogP contribution in [-0.2, 0) is 19.3 Å². The van der Waals surface area contributed by atoms with Crippen molar-refractivity contribution in [3.05, 3.63) is 81.4 Å². The van der Waals surface area contributed by atoms with Crippen LogP contribution in [0.4, 0.5) is 11.5 Å². The second kappa shape index (κ2) is 8.96. The third-order valence-corrected chi connectivity index (χ3v) is 8.22. The standard InChI is InChI=1S/C27H27ClN4S/c28-20-9-6-10-21(18-20)31-13-15-32(16-14-31)26-25-22-11-4-5-12-23(22)33-27(25)30-24(29-26)17-19-7-2-1-3-8-19/h1-3,6-10,18H,4-5,11-17H2. The monoisotopic (exact) mass is 474 g/mol. The minimum Gasteiger partial charge on any atom is -0.368 e. The van der Waals surface area contributed by atoms with E-state index in [0.717, 1.165) is 55.7 Å². The molecule has 0 atom stereocenters. The van der Waals surface area contributed by atoms with Gasteiger partial charge in [0.15, 0.2) is 0 Å². The van der Waals surface area contributed by atoms with Gasteiger partial charge >= 0.3 is 0 Å². The van der Waals surface area contributed by atoms with Crippen molar-refractivity contribution in [2.75, 3.05) is 36.0 Å². The number of piperazine rings is 1. The fourth-order valence-electron chi connectivity index (χ4n) is 5.12. The van der Waals surface area contributed by atoms with Gasteiger partial charge in [0.25, 0.3) is 0 Å². The highest BCUT2D eigenvalue weighted by molar-refractivity contribution is 7.19. The van der Waals surface area contributed by atoms with Gasteiger partial charge in [-0.2, -0.15) is 0 Å². The summed E-state index contributed by atoms with van der Waals surface area (Å²) in [6.45, 7) is 3.83.